The van der Waals surface area contributed by atoms with Crippen LogP contribution in [0.25, 0.3) is 0 Å². The number of rotatable bonds is 4. The molecular weight excluding hydrogens is 338 g/mol. The van der Waals surface area contributed by atoms with Crippen molar-refractivity contribution in [3.63, 3.8) is 0 Å². The van der Waals surface area contributed by atoms with Crippen molar-refractivity contribution < 1.29 is 17.9 Å². The van der Waals surface area contributed by atoms with Crippen molar-refractivity contribution in [2.75, 3.05) is 20.3 Å². The second kappa shape index (κ2) is 6.74. The minimum atomic E-state index is -1.48. The summed E-state index contributed by atoms with van der Waals surface area (Å²) in [7, 11) is 2.16. The highest BCUT2D eigenvalue weighted by molar-refractivity contribution is 7.80. The largest absolute Gasteiger partial charge is 0.347 e. The van der Waals surface area contributed by atoms with Crippen molar-refractivity contribution in [1.29, 1.82) is 0 Å². The molecule has 0 aliphatic carbocycles. The Morgan fingerprint density at radius 1 is 1.16 bits per heavy atom. The summed E-state index contributed by atoms with van der Waals surface area (Å²) in [5, 5.41) is 0. The van der Waals surface area contributed by atoms with Gasteiger partial charge in [-0.05, 0) is 46.9 Å². The summed E-state index contributed by atoms with van der Waals surface area (Å²) >= 11 is -1.48. The molecule has 2 saturated heterocycles. The molecule has 0 saturated carbocycles. The van der Waals surface area contributed by atoms with Gasteiger partial charge in [-0.15, -0.1) is 0 Å². The molecule has 2 unspecified atom stereocenters. The van der Waals surface area contributed by atoms with Crippen molar-refractivity contribution in [1.82, 2.24) is 4.90 Å². The Labute approximate surface area is 153 Å². The zero-order chi connectivity index (χ0) is 18.3. The van der Waals surface area contributed by atoms with Crippen LogP contribution in [0.5, 0.6) is 0 Å². The van der Waals surface area contributed by atoms with Crippen LogP contribution in [-0.4, -0.2) is 52.3 Å². The summed E-state index contributed by atoms with van der Waals surface area (Å²) in [6.07, 6.45) is 1.42. The summed E-state index contributed by atoms with van der Waals surface area (Å²) in [6, 6.07) is 9.19. The first-order chi connectivity index (χ1) is 11.6. The van der Waals surface area contributed by atoms with Gasteiger partial charge in [0.25, 0.3) is 0 Å². The topological polar surface area (TPSA) is 48.0 Å². The predicted molar refractivity (Wildman–Crippen MR) is 97.5 cm³/mol. The van der Waals surface area contributed by atoms with Gasteiger partial charge in [-0.25, -0.2) is 4.21 Å². The number of benzene rings is 1. The summed E-state index contributed by atoms with van der Waals surface area (Å²) < 4.78 is 30.1. The summed E-state index contributed by atoms with van der Waals surface area (Å²) in [4.78, 5) is 3.06. The Hall–Kier alpha value is -0.790. The van der Waals surface area contributed by atoms with Crippen molar-refractivity contribution in [2.45, 2.75) is 68.4 Å². The second-order valence-corrected chi connectivity index (χ2v) is 9.51. The molecular formula is C19H29NO4S. The highest BCUT2D eigenvalue weighted by Crippen LogP contribution is 2.47. The fraction of sp³-hybridized carbons (Fsp3) is 0.684. The van der Waals surface area contributed by atoms with Gasteiger partial charge in [-0.2, -0.15) is 0 Å². The van der Waals surface area contributed by atoms with Gasteiger partial charge in [0, 0.05) is 23.9 Å². The minimum absolute atomic E-state index is 0.0235. The third-order valence-corrected chi connectivity index (χ3v) is 6.44. The molecule has 25 heavy (non-hydrogen) atoms. The zero-order valence-corrected chi connectivity index (χ0v) is 16.6. The Balaban J connectivity index is 1.61. The number of hydrogen-bond donors (Lipinski definition) is 0. The first-order valence-corrected chi connectivity index (χ1v) is 9.87. The van der Waals surface area contributed by atoms with E-state index < -0.39 is 16.9 Å². The van der Waals surface area contributed by atoms with Crippen molar-refractivity contribution in [3.05, 3.63) is 30.3 Å². The molecule has 3 rings (SSSR count). The fourth-order valence-electron chi connectivity index (χ4n) is 4.06. The molecule has 0 radical (unpaired) electrons. The van der Waals surface area contributed by atoms with Crippen LogP contribution >= 0.6 is 0 Å². The SMILES string of the molecule is CN1C(C)(C)CC2(CC1(C)C)OCC(COS(=O)c1ccccc1)O2. The lowest BCUT2D eigenvalue weighted by atomic mass is 9.76. The number of likely N-dealkylation sites (tertiary alicyclic amines) is 1. The molecule has 1 spiro atoms. The summed E-state index contributed by atoms with van der Waals surface area (Å²) in [5.74, 6) is -0.582. The van der Waals surface area contributed by atoms with E-state index in [4.69, 9.17) is 13.7 Å². The molecule has 0 N–H and O–H groups in total. The molecule has 2 fully saturated rings. The molecule has 5 nitrogen and oxygen atoms in total. The van der Waals surface area contributed by atoms with E-state index in [0.717, 1.165) is 12.8 Å². The maximum atomic E-state index is 12.2. The Bertz CT molecular complexity index is 614. The van der Waals surface area contributed by atoms with E-state index in [2.05, 4.69) is 39.6 Å². The summed E-state index contributed by atoms with van der Waals surface area (Å²) in [6.45, 7) is 9.61. The molecule has 0 amide bonds. The van der Waals surface area contributed by atoms with Crippen molar-refractivity contribution >= 4 is 11.1 Å². The Morgan fingerprint density at radius 3 is 2.36 bits per heavy atom. The van der Waals surface area contributed by atoms with E-state index in [1.165, 1.54) is 0 Å². The third kappa shape index (κ3) is 3.98. The molecule has 2 aliphatic rings. The van der Waals surface area contributed by atoms with E-state index in [1.54, 1.807) is 12.1 Å². The number of nitrogens with zero attached hydrogens (tertiary/aromatic N) is 1. The van der Waals surface area contributed by atoms with Crippen LogP contribution < -0.4 is 0 Å². The molecule has 1 aromatic carbocycles. The van der Waals surface area contributed by atoms with E-state index in [-0.39, 0.29) is 23.8 Å². The highest BCUT2D eigenvalue weighted by atomic mass is 32.2. The smallest absolute Gasteiger partial charge is 0.189 e. The van der Waals surface area contributed by atoms with Crippen molar-refractivity contribution in [2.24, 2.45) is 0 Å². The van der Waals surface area contributed by atoms with Gasteiger partial charge < -0.3 is 9.47 Å². The zero-order valence-electron chi connectivity index (χ0n) is 15.8. The average Bonchev–Trinajstić information content (AvgIpc) is 2.92. The van der Waals surface area contributed by atoms with Gasteiger partial charge in [-0.3, -0.25) is 9.08 Å². The number of piperidine rings is 1. The van der Waals surface area contributed by atoms with Gasteiger partial charge in [0.1, 0.15) is 6.10 Å². The van der Waals surface area contributed by atoms with Crippen LogP contribution in [0.1, 0.15) is 40.5 Å². The van der Waals surface area contributed by atoms with Gasteiger partial charge in [0.2, 0.25) is 0 Å². The lowest BCUT2D eigenvalue weighted by Gasteiger charge is -2.56. The fourth-order valence-corrected chi connectivity index (χ4v) is 4.85. The van der Waals surface area contributed by atoms with E-state index in [9.17, 15) is 4.21 Å². The van der Waals surface area contributed by atoms with E-state index >= 15 is 0 Å². The minimum Gasteiger partial charge on any atom is -0.347 e. The van der Waals surface area contributed by atoms with Gasteiger partial charge in [0.05, 0.1) is 18.1 Å². The Morgan fingerprint density at radius 2 is 1.76 bits per heavy atom. The second-order valence-electron chi connectivity index (χ2n) is 8.33. The number of hydrogen-bond acceptors (Lipinski definition) is 5. The molecule has 6 heteroatoms. The number of ether oxygens (including phenoxy) is 2. The standard InChI is InChI=1S/C19H29NO4S/c1-17(2)13-19(14-18(3,4)20(17)5)22-11-15(24-19)12-23-25(21)16-9-7-6-8-10-16/h6-10,15H,11-14H2,1-5H3. The maximum absolute atomic E-state index is 12.2. The van der Waals surface area contributed by atoms with Gasteiger partial charge >= 0.3 is 0 Å². The van der Waals surface area contributed by atoms with Crippen LogP contribution in [0.15, 0.2) is 35.2 Å². The molecule has 140 valence electrons. The lowest BCUT2D eigenvalue weighted by Crippen LogP contribution is -2.64. The molecule has 1 aromatic rings. The van der Waals surface area contributed by atoms with E-state index in [1.807, 2.05) is 18.2 Å². The lowest BCUT2D eigenvalue weighted by molar-refractivity contribution is -0.242. The van der Waals surface area contributed by atoms with E-state index in [0.29, 0.717) is 11.5 Å². The maximum Gasteiger partial charge on any atom is 0.189 e. The van der Waals surface area contributed by atoms with Crippen LogP contribution in [0, 0.1) is 0 Å². The van der Waals surface area contributed by atoms with Crippen molar-refractivity contribution in [3.8, 4) is 0 Å². The first-order valence-electron chi connectivity index (χ1n) is 8.79. The molecule has 2 aliphatic heterocycles. The molecule has 0 aromatic heterocycles. The predicted octanol–water partition coefficient (Wildman–Crippen LogP) is 3.12. The van der Waals surface area contributed by atoms with Gasteiger partial charge in [0.15, 0.2) is 16.9 Å². The first kappa shape index (κ1) is 19.0. The quantitative estimate of drug-likeness (QED) is 0.818. The van der Waals surface area contributed by atoms with Crippen LogP contribution in [0.4, 0.5) is 0 Å². The highest BCUT2D eigenvalue weighted by Gasteiger charge is 2.55. The van der Waals surface area contributed by atoms with Crippen LogP contribution in [-0.2, 0) is 24.7 Å². The van der Waals surface area contributed by atoms with Crippen LogP contribution in [0.2, 0.25) is 0 Å². The molecule has 2 heterocycles. The normalized spacial score (nSPS) is 28.9. The van der Waals surface area contributed by atoms with Crippen LogP contribution in [0.3, 0.4) is 0 Å². The third-order valence-electron chi connectivity index (χ3n) is 5.43. The van der Waals surface area contributed by atoms with Gasteiger partial charge in [-0.1, -0.05) is 18.2 Å². The monoisotopic (exact) mass is 367 g/mol. The summed E-state index contributed by atoms with van der Waals surface area (Å²) in [5.41, 5.74) is -0.0469. The Kier molecular flexibility index (Phi) is 5.12. The molecule has 0 bridgehead atoms. The molecule has 2 atom stereocenters. The average molecular weight is 368 g/mol.